The second kappa shape index (κ2) is 7.91. The Balaban J connectivity index is 1.79. The van der Waals surface area contributed by atoms with Crippen molar-refractivity contribution in [1.82, 2.24) is 5.32 Å². The number of amidine groups is 1. The first kappa shape index (κ1) is 17.8. The monoisotopic (exact) mass is 388 g/mol. The van der Waals surface area contributed by atoms with Gasteiger partial charge in [0.1, 0.15) is 0 Å². The van der Waals surface area contributed by atoms with E-state index in [0.29, 0.717) is 25.8 Å². The summed E-state index contributed by atoms with van der Waals surface area (Å²) in [6.07, 6.45) is 3.87. The Morgan fingerprint density at radius 1 is 1.12 bits per heavy atom. The first-order chi connectivity index (χ1) is 12.0. The number of carbonyl (C=O) groups is 1. The molecule has 0 radical (unpaired) electrons. The fraction of sp³-hybridized carbons (Fsp3) is 0.0526. The molecule has 0 saturated carbocycles. The van der Waals surface area contributed by atoms with Gasteiger partial charge in [-0.25, -0.2) is 4.99 Å². The van der Waals surface area contributed by atoms with E-state index in [1.165, 1.54) is 11.8 Å². The average Bonchev–Trinajstić information content (AvgIpc) is 2.91. The van der Waals surface area contributed by atoms with Crippen molar-refractivity contribution in [3.8, 4) is 0 Å². The van der Waals surface area contributed by atoms with Crippen LogP contribution in [0.4, 0.5) is 5.69 Å². The number of nitrogens with zero attached hydrogens (tertiary/aromatic N) is 1. The largest absolute Gasteiger partial charge is 0.300 e. The standard InChI is InChI=1S/C19H14Cl2N2OS/c1-12(9-13-5-3-2-4-6-13)10-17-18(24)23-19(25-17)22-14-7-8-15(20)16(21)11-14/h2-11H,1H3,(H,22,23,24). The number of nitrogens with one attached hydrogen (secondary N) is 1. The molecule has 0 spiro atoms. The third kappa shape index (κ3) is 4.75. The number of hydrogen-bond donors (Lipinski definition) is 1. The summed E-state index contributed by atoms with van der Waals surface area (Å²) in [5.41, 5.74) is 2.71. The molecule has 0 bridgehead atoms. The van der Waals surface area contributed by atoms with Crippen LogP contribution in [0.15, 0.2) is 70.1 Å². The van der Waals surface area contributed by atoms with Crippen LogP contribution in [0.3, 0.4) is 0 Å². The van der Waals surface area contributed by atoms with Gasteiger partial charge < -0.3 is 5.32 Å². The third-order valence-corrected chi connectivity index (χ3v) is 4.99. The Morgan fingerprint density at radius 2 is 1.88 bits per heavy atom. The Hall–Kier alpha value is -2.01. The van der Waals surface area contributed by atoms with Crippen LogP contribution in [-0.4, -0.2) is 11.1 Å². The van der Waals surface area contributed by atoms with Crippen LogP contribution in [0.25, 0.3) is 6.08 Å². The maximum absolute atomic E-state index is 12.1. The maximum atomic E-state index is 12.1. The predicted molar refractivity (Wildman–Crippen MR) is 107 cm³/mol. The first-order valence-corrected chi connectivity index (χ1v) is 9.06. The zero-order valence-corrected chi connectivity index (χ0v) is 15.6. The van der Waals surface area contributed by atoms with E-state index < -0.39 is 0 Å². The zero-order valence-electron chi connectivity index (χ0n) is 13.3. The smallest absolute Gasteiger partial charge is 0.264 e. The highest BCUT2D eigenvalue weighted by Crippen LogP contribution is 2.30. The van der Waals surface area contributed by atoms with Gasteiger partial charge in [-0.05, 0) is 54.1 Å². The highest BCUT2D eigenvalue weighted by molar-refractivity contribution is 8.18. The van der Waals surface area contributed by atoms with Gasteiger partial charge >= 0.3 is 0 Å². The molecule has 1 fully saturated rings. The minimum atomic E-state index is -0.162. The van der Waals surface area contributed by atoms with Crippen molar-refractivity contribution in [2.24, 2.45) is 4.99 Å². The molecule has 0 unspecified atom stereocenters. The summed E-state index contributed by atoms with van der Waals surface area (Å²) in [6, 6.07) is 15.0. The van der Waals surface area contributed by atoms with Gasteiger partial charge in [-0.1, -0.05) is 59.6 Å². The molecule has 2 aromatic carbocycles. The molecule has 0 atom stereocenters. The molecule has 1 aliphatic heterocycles. The topological polar surface area (TPSA) is 41.5 Å². The molecule has 6 heteroatoms. The van der Waals surface area contributed by atoms with Crippen molar-refractivity contribution < 1.29 is 4.79 Å². The number of benzene rings is 2. The van der Waals surface area contributed by atoms with Gasteiger partial charge in [0.15, 0.2) is 5.17 Å². The SMILES string of the molecule is CC(=Cc1ccccc1)C=C1SC(=Nc2ccc(Cl)c(Cl)c2)NC1=O. The van der Waals surface area contributed by atoms with Crippen LogP contribution in [0, 0.1) is 0 Å². The molecule has 25 heavy (non-hydrogen) atoms. The minimum Gasteiger partial charge on any atom is -0.300 e. The quantitative estimate of drug-likeness (QED) is 0.671. The van der Waals surface area contributed by atoms with E-state index in [-0.39, 0.29) is 5.91 Å². The molecule has 1 heterocycles. The van der Waals surface area contributed by atoms with Crippen LogP contribution >= 0.6 is 35.0 Å². The van der Waals surface area contributed by atoms with E-state index in [4.69, 9.17) is 23.2 Å². The molecule has 1 saturated heterocycles. The average molecular weight is 389 g/mol. The van der Waals surface area contributed by atoms with Crippen LogP contribution in [0.1, 0.15) is 12.5 Å². The van der Waals surface area contributed by atoms with E-state index in [1.807, 2.05) is 49.4 Å². The summed E-state index contributed by atoms with van der Waals surface area (Å²) in [5.74, 6) is -0.162. The highest BCUT2D eigenvalue weighted by Gasteiger charge is 2.23. The number of allylic oxidation sites excluding steroid dienone is 2. The number of carbonyl (C=O) groups excluding carboxylic acids is 1. The lowest BCUT2D eigenvalue weighted by Gasteiger charge is -1.99. The van der Waals surface area contributed by atoms with Crippen LogP contribution < -0.4 is 5.32 Å². The lowest BCUT2D eigenvalue weighted by molar-refractivity contribution is -0.115. The Kier molecular flexibility index (Phi) is 5.63. The maximum Gasteiger partial charge on any atom is 0.264 e. The van der Waals surface area contributed by atoms with Gasteiger partial charge in [0.25, 0.3) is 5.91 Å². The number of aliphatic imine (C=N–C) groups is 1. The summed E-state index contributed by atoms with van der Waals surface area (Å²) < 4.78 is 0. The molecule has 1 N–H and O–H groups in total. The van der Waals surface area contributed by atoms with Gasteiger partial charge in [0.05, 0.1) is 20.6 Å². The molecule has 0 aromatic heterocycles. The second-order valence-corrected chi connectivity index (χ2v) is 7.22. The van der Waals surface area contributed by atoms with Gasteiger partial charge in [-0.15, -0.1) is 0 Å². The zero-order chi connectivity index (χ0) is 17.8. The molecule has 1 amide bonds. The van der Waals surface area contributed by atoms with E-state index in [1.54, 1.807) is 18.2 Å². The van der Waals surface area contributed by atoms with Crippen molar-refractivity contribution in [2.45, 2.75) is 6.92 Å². The molecular weight excluding hydrogens is 375 g/mol. The summed E-state index contributed by atoms with van der Waals surface area (Å²) in [5, 5.41) is 4.17. The van der Waals surface area contributed by atoms with Crippen molar-refractivity contribution in [1.29, 1.82) is 0 Å². The fourth-order valence-electron chi connectivity index (χ4n) is 2.21. The fourth-order valence-corrected chi connectivity index (χ4v) is 3.40. The molecule has 2 aromatic rings. The Bertz CT molecular complexity index is 905. The van der Waals surface area contributed by atoms with Gasteiger partial charge in [0, 0.05) is 0 Å². The van der Waals surface area contributed by atoms with Crippen LogP contribution in [0.2, 0.25) is 10.0 Å². The van der Waals surface area contributed by atoms with Crippen LogP contribution in [-0.2, 0) is 4.79 Å². The summed E-state index contributed by atoms with van der Waals surface area (Å²) in [4.78, 5) is 17.1. The Morgan fingerprint density at radius 3 is 2.60 bits per heavy atom. The lowest BCUT2D eigenvalue weighted by atomic mass is 10.1. The molecule has 126 valence electrons. The van der Waals surface area contributed by atoms with Gasteiger partial charge in [-0.3, -0.25) is 4.79 Å². The van der Waals surface area contributed by atoms with E-state index in [2.05, 4.69) is 10.3 Å². The Labute approximate surface area is 160 Å². The second-order valence-electron chi connectivity index (χ2n) is 5.38. The first-order valence-electron chi connectivity index (χ1n) is 7.49. The summed E-state index contributed by atoms with van der Waals surface area (Å²) in [6.45, 7) is 1.96. The molecule has 3 nitrogen and oxygen atoms in total. The van der Waals surface area contributed by atoms with Gasteiger partial charge in [-0.2, -0.15) is 0 Å². The van der Waals surface area contributed by atoms with Crippen molar-refractivity contribution in [3.05, 3.63) is 80.7 Å². The number of hydrogen-bond acceptors (Lipinski definition) is 3. The molecule has 0 aliphatic carbocycles. The normalized spacial score (nSPS) is 18.0. The summed E-state index contributed by atoms with van der Waals surface area (Å²) >= 11 is 13.2. The van der Waals surface area contributed by atoms with E-state index in [9.17, 15) is 4.79 Å². The minimum absolute atomic E-state index is 0.162. The predicted octanol–water partition coefficient (Wildman–Crippen LogP) is 5.83. The van der Waals surface area contributed by atoms with E-state index in [0.717, 1.165) is 11.1 Å². The molecular formula is C19H14Cl2N2OS. The van der Waals surface area contributed by atoms with Crippen molar-refractivity contribution >= 4 is 57.8 Å². The highest BCUT2D eigenvalue weighted by atomic mass is 35.5. The third-order valence-electron chi connectivity index (χ3n) is 3.34. The summed E-state index contributed by atoms with van der Waals surface area (Å²) in [7, 11) is 0. The molecule has 1 aliphatic rings. The number of rotatable bonds is 3. The van der Waals surface area contributed by atoms with Crippen LogP contribution in [0.5, 0.6) is 0 Å². The number of amides is 1. The van der Waals surface area contributed by atoms with Crippen molar-refractivity contribution in [3.63, 3.8) is 0 Å². The number of thioether (sulfide) groups is 1. The van der Waals surface area contributed by atoms with E-state index >= 15 is 0 Å². The lowest BCUT2D eigenvalue weighted by Crippen LogP contribution is -2.19. The van der Waals surface area contributed by atoms with Gasteiger partial charge in [0.2, 0.25) is 0 Å². The molecule has 3 rings (SSSR count). The van der Waals surface area contributed by atoms with Crippen molar-refractivity contribution in [2.75, 3.05) is 0 Å². The number of halogens is 2.